The summed E-state index contributed by atoms with van der Waals surface area (Å²) in [6.07, 6.45) is 5.30. The van der Waals surface area contributed by atoms with Crippen molar-refractivity contribution < 1.29 is 9.84 Å². The van der Waals surface area contributed by atoms with E-state index in [-0.39, 0.29) is 6.04 Å². The Morgan fingerprint density at radius 3 is 2.49 bits per heavy atom. The monoisotopic (exact) mass is 497 g/mol. The molecule has 1 aliphatic heterocycles. The number of hydrogen-bond donors (Lipinski definition) is 1. The number of fused-ring (bicyclic) bond motifs is 3. The topological polar surface area (TPSA) is 95.8 Å². The Kier molecular flexibility index (Phi) is 5.03. The maximum Gasteiger partial charge on any atom is 0.118 e. The lowest BCUT2D eigenvalue weighted by Gasteiger charge is -2.33. The maximum atomic E-state index is 11.4. The molecule has 2 fully saturated rings. The van der Waals surface area contributed by atoms with Crippen LogP contribution < -0.4 is 0 Å². The van der Waals surface area contributed by atoms with Crippen LogP contribution in [-0.2, 0) is 24.4 Å². The highest BCUT2D eigenvalue weighted by Gasteiger charge is 2.48. The number of aromatic nitrogens is 7. The summed E-state index contributed by atoms with van der Waals surface area (Å²) < 4.78 is 11.9. The molecule has 0 bridgehead atoms. The van der Waals surface area contributed by atoms with E-state index in [1.165, 1.54) is 5.56 Å². The van der Waals surface area contributed by atoms with E-state index in [2.05, 4.69) is 51.3 Å². The molecular weight excluding hydrogens is 466 g/mol. The minimum absolute atomic E-state index is 0.0539. The number of nitrogens with zero attached hydrogens (tertiary/aromatic N) is 7. The van der Waals surface area contributed by atoms with E-state index in [1.807, 2.05) is 31.9 Å². The predicted molar refractivity (Wildman–Crippen MR) is 140 cm³/mol. The van der Waals surface area contributed by atoms with Crippen LogP contribution in [0.3, 0.4) is 0 Å². The third-order valence-electron chi connectivity index (χ3n) is 8.18. The molecule has 1 aromatic carbocycles. The molecule has 0 amide bonds. The zero-order chi connectivity index (χ0) is 25.3. The first-order chi connectivity index (χ1) is 18.0. The fourth-order valence-electron chi connectivity index (χ4n) is 6.20. The molecule has 9 heteroatoms. The van der Waals surface area contributed by atoms with Crippen LogP contribution >= 0.6 is 0 Å². The van der Waals surface area contributed by atoms with Crippen molar-refractivity contribution in [1.29, 1.82) is 0 Å². The van der Waals surface area contributed by atoms with Crippen molar-refractivity contribution in [3.8, 4) is 11.3 Å². The zero-order valence-electron chi connectivity index (χ0n) is 21.4. The largest absolute Gasteiger partial charge is 0.383 e. The van der Waals surface area contributed by atoms with E-state index >= 15 is 0 Å². The zero-order valence-corrected chi connectivity index (χ0v) is 21.4. The van der Waals surface area contributed by atoms with Gasteiger partial charge in [0, 0.05) is 39.1 Å². The van der Waals surface area contributed by atoms with Crippen LogP contribution in [0, 0.1) is 12.8 Å². The lowest BCUT2D eigenvalue weighted by atomic mass is 9.86. The van der Waals surface area contributed by atoms with Crippen LogP contribution in [0.25, 0.3) is 33.3 Å². The van der Waals surface area contributed by atoms with Gasteiger partial charge in [0.25, 0.3) is 0 Å². The predicted octanol–water partition coefficient (Wildman–Crippen LogP) is 4.02. The van der Waals surface area contributed by atoms with Gasteiger partial charge in [0.05, 0.1) is 28.5 Å². The highest BCUT2D eigenvalue weighted by atomic mass is 16.5. The van der Waals surface area contributed by atoms with Gasteiger partial charge in [-0.15, -0.1) is 5.10 Å². The lowest BCUT2D eigenvalue weighted by Crippen LogP contribution is -2.27. The molecule has 5 aromatic rings. The van der Waals surface area contributed by atoms with Crippen LogP contribution in [0.1, 0.15) is 48.7 Å². The van der Waals surface area contributed by atoms with Crippen LogP contribution in [0.2, 0.25) is 0 Å². The molecule has 9 nitrogen and oxygen atoms in total. The third kappa shape index (κ3) is 3.44. The van der Waals surface area contributed by atoms with E-state index in [1.54, 1.807) is 4.68 Å². The van der Waals surface area contributed by atoms with Gasteiger partial charge in [-0.1, -0.05) is 35.5 Å². The lowest BCUT2D eigenvalue weighted by molar-refractivity contribution is 0.0552. The second-order valence-electron chi connectivity index (χ2n) is 10.6. The maximum absolute atomic E-state index is 11.4. The molecule has 1 atom stereocenters. The van der Waals surface area contributed by atoms with Gasteiger partial charge in [0.15, 0.2) is 0 Å². The fraction of sp³-hybridized carbons (Fsp3) is 0.429. The Morgan fingerprint density at radius 1 is 1.05 bits per heavy atom. The van der Waals surface area contributed by atoms with Crippen molar-refractivity contribution in [2.75, 3.05) is 13.2 Å². The second kappa shape index (κ2) is 8.22. The first kappa shape index (κ1) is 22.6. The fourth-order valence-corrected chi connectivity index (χ4v) is 6.20. The molecular formula is C28H31N7O2. The molecule has 5 heterocycles. The summed E-state index contributed by atoms with van der Waals surface area (Å²) in [4.78, 5) is 5.01. The van der Waals surface area contributed by atoms with Crippen LogP contribution in [0.4, 0.5) is 0 Å². The van der Waals surface area contributed by atoms with Crippen molar-refractivity contribution in [2.24, 2.45) is 20.0 Å². The summed E-state index contributed by atoms with van der Waals surface area (Å²) in [5, 5.41) is 24.7. The first-order valence-corrected chi connectivity index (χ1v) is 13.0. The van der Waals surface area contributed by atoms with Crippen molar-refractivity contribution in [1.82, 2.24) is 34.3 Å². The van der Waals surface area contributed by atoms with Gasteiger partial charge in [-0.25, -0.2) is 4.68 Å². The second-order valence-corrected chi connectivity index (χ2v) is 10.6. The molecule has 1 saturated heterocycles. The van der Waals surface area contributed by atoms with Gasteiger partial charge in [-0.2, -0.15) is 5.10 Å². The molecule has 2 aliphatic rings. The van der Waals surface area contributed by atoms with E-state index in [0.29, 0.717) is 5.92 Å². The first-order valence-electron chi connectivity index (χ1n) is 13.0. The molecule has 190 valence electrons. The van der Waals surface area contributed by atoms with E-state index in [9.17, 15) is 5.11 Å². The van der Waals surface area contributed by atoms with Crippen LogP contribution in [0.15, 0.2) is 42.6 Å². The molecule has 0 spiro atoms. The minimum atomic E-state index is -0.881. The van der Waals surface area contributed by atoms with Gasteiger partial charge < -0.3 is 14.4 Å². The van der Waals surface area contributed by atoms with Gasteiger partial charge in [0.1, 0.15) is 22.3 Å². The van der Waals surface area contributed by atoms with Crippen LogP contribution in [-0.4, -0.2) is 52.6 Å². The molecule has 37 heavy (non-hydrogen) atoms. The third-order valence-corrected chi connectivity index (χ3v) is 8.18. The highest BCUT2D eigenvalue weighted by Crippen LogP contribution is 2.50. The quantitative estimate of drug-likeness (QED) is 0.394. The summed E-state index contributed by atoms with van der Waals surface area (Å²) in [6, 6.07) is 13.0. The van der Waals surface area contributed by atoms with Crippen molar-refractivity contribution >= 4 is 22.1 Å². The smallest absolute Gasteiger partial charge is 0.118 e. The number of aryl methyl sites for hydroxylation is 3. The van der Waals surface area contributed by atoms with Crippen LogP contribution in [0.5, 0.6) is 0 Å². The average molecular weight is 498 g/mol. The number of pyridine rings is 1. The SMILES string of the molecule is Cc1nnn(C)c1-c1cnc2c3c(c(C4(O)CC4)nn3C)n(C(c3ccccc3)C3CCOCC3)c2c1. The number of ether oxygens (including phenoxy) is 1. The van der Waals surface area contributed by atoms with E-state index in [0.717, 1.165) is 83.6 Å². The number of aliphatic hydroxyl groups is 1. The molecule has 1 unspecified atom stereocenters. The van der Waals surface area contributed by atoms with E-state index in [4.69, 9.17) is 14.8 Å². The molecule has 1 aliphatic carbocycles. The summed E-state index contributed by atoms with van der Waals surface area (Å²) >= 11 is 0. The number of hydrogen-bond acceptors (Lipinski definition) is 6. The Bertz CT molecular complexity index is 1600. The minimum Gasteiger partial charge on any atom is -0.383 e. The Labute approximate surface area is 214 Å². The summed E-state index contributed by atoms with van der Waals surface area (Å²) in [6.45, 7) is 3.48. The summed E-state index contributed by atoms with van der Waals surface area (Å²) in [5.41, 5.74) is 7.79. The van der Waals surface area contributed by atoms with Gasteiger partial charge in [-0.05, 0) is 50.2 Å². The van der Waals surface area contributed by atoms with Crippen molar-refractivity contribution in [3.05, 3.63) is 59.5 Å². The average Bonchev–Trinajstić information content (AvgIpc) is 3.27. The number of benzene rings is 1. The number of rotatable bonds is 5. The van der Waals surface area contributed by atoms with E-state index < -0.39 is 5.60 Å². The Hall–Kier alpha value is -3.56. The van der Waals surface area contributed by atoms with Gasteiger partial charge in [-0.3, -0.25) is 9.67 Å². The standard InChI is InChI=1S/C28H31N7O2/c1-17-23(34(3)32-30-17)20-15-21-22(29-16-20)25-26(27(31-33(25)2)28(36)11-12-28)35(21)24(18-7-5-4-6-8-18)19-9-13-37-14-10-19/h4-8,15-16,19,24,36H,9-14H2,1-3H3. The molecule has 7 rings (SSSR count). The van der Waals surface area contributed by atoms with Gasteiger partial charge in [0.2, 0.25) is 0 Å². The Morgan fingerprint density at radius 2 is 1.81 bits per heavy atom. The molecule has 0 radical (unpaired) electrons. The molecule has 4 aromatic heterocycles. The van der Waals surface area contributed by atoms with Gasteiger partial charge >= 0.3 is 0 Å². The summed E-state index contributed by atoms with van der Waals surface area (Å²) in [7, 11) is 3.87. The molecule has 1 saturated carbocycles. The highest BCUT2D eigenvalue weighted by molar-refractivity contribution is 6.06. The summed E-state index contributed by atoms with van der Waals surface area (Å²) in [5.74, 6) is 0.376. The van der Waals surface area contributed by atoms with Crippen molar-refractivity contribution in [2.45, 2.75) is 44.2 Å². The molecule has 1 N–H and O–H groups in total. The Balaban J connectivity index is 1.58. The van der Waals surface area contributed by atoms with Crippen molar-refractivity contribution in [3.63, 3.8) is 0 Å². The normalized spacial score (nSPS) is 18.6.